The van der Waals surface area contributed by atoms with Gasteiger partial charge in [-0.1, -0.05) is 15.9 Å². The normalized spacial score (nSPS) is 12.5. The van der Waals surface area contributed by atoms with Crippen molar-refractivity contribution >= 4 is 15.9 Å². The lowest BCUT2D eigenvalue weighted by Gasteiger charge is -2.18. The Hall–Kier alpha value is -1.33. The Kier molecular flexibility index (Phi) is 4.27. The summed E-state index contributed by atoms with van der Waals surface area (Å²) >= 11 is 3.18. The van der Waals surface area contributed by atoms with Crippen molar-refractivity contribution in [1.82, 2.24) is 5.32 Å². The van der Waals surface area contributed by atoms with Gasteiger partial charge in [0.25, 0.3) is 0 Å². The fourth-order valence-corrected chi connectivity index (χ4v) is 2.46. The molecule has 0 bridgehead atoms. The molecule has 0 aliphatic heterocycles. The minimum absolute atomic E-state index is 0.139. The first-order chi connectivity index (χ1) is 9.01. The molecule has 0 aliphatic rings. The van der Waals surface area contributed by atoms with Crippen LogP contribution in [0.5, 0.6) is 0 Å². The maximum Gasteiger partial charge on any atom is 0.128 e. The Morgan fingerprint density at radius 2 is 1.74 bits per heavy atom. The van der Waals surface area contributed by atoms with E-state index in [4.69, 9.17) is 0 Å². The fourth-order valence-electron chi connectivity index (χ4n) is 1.98. The number of hydrogen-bond donors (Lipinski definition) is 1. The summed E-state index contributed by atoms with van der Waals surface area (Å²) < 4.78 is 41.0. The number of hydrogen-bond acceptors (Lipinski definition) is 1. The molecule has 2 aromatic carbocycles. The molecule has 1 N–H and O–H groups in total. The van der Waals surface area contributed by atoms with Gasteiger partial charge in [-0.2, -0.15) is 0 Å². The van der Waals surface area contributed by atoms with Crippen LogP contribution in [0, 0.1) is 17.5 Å². The minimum Gasteiger partial charge on any atom is -0.309 e. The number of halogens is 4. The van der Waals surface area contributed by atoms with E-state index in [1.807, 2.05) is 0 Å². The molecular formula is C14H11BrF3N. The molecule has 1 unspecified atom stereocenters. The van der Waals surface area contributed by atoms with Crippen LogP contribution in [0.2, 0.25) is 0 Å². The van der Waals surface area contributed by atoms with Crippen LogP contribution in [0.4, 0.5) is 13.2 Å². The third kappa shape index (κ3) is 3.16. The highest BCUT2D eigenvalue weighted by molar-refractivity contribution is 9.10. The second-order valence-electron chi connectivity index (χ2n) is 4.09. The monoisotopic (exact) mass is 329 g/mol. The van der Waals surface area contributed by atoms with E-state index < -0.39 is 23.5 Å². The maximum atomic E-state index is 13.8. The second kappa shape index (κ2) is 5.75. The average Bonchev–Trinajstić information content (AvgIpc) is 2.33. The molecule has 0 saturated carbocycles. The van der Waals surface area contributed by atoms with Gasteiger partial charge in [-0.3, -0.25) is 0 Å². The molecule has 2 aromatic rings. The van der Waals surface area contributed by atoms with Gasteiger partial charge in [0, 0.05) is 10.0 Å². The summed E-state index contributed by atoms with van der Waals surface area (Å²) in [4.78, 5) is 0. The standard InChI is InChI=1S/C14H11BrF3N/c1-19-14(8-4-9(15)6-11(17)5-8)12-7-10(16)2-3-13(12)18/h2-7,14,19H,1H3. The van der Waals surface area contributed by atoms with E-state index in [9.17, 15) is 13.2 Å². The molecule has 0 amide bonds. The Bertz CT molecular complexity index is 581. The Labute approximate surface area is 117 Å². The molecule has 0 aliphatic carbocycles. The molecule has 5 heteroatoms. The molecule has 0 radical (unpaired) electrons. The minimum atomic E-state index is -0.623. The molecule has 0 saturated heterocycles. The summed E-state index contributed by atoms with van der Waals surface area (Å²) in [5.41, 5.74) is 0.652. The Morgan fingerprint density at radius 3 is 2.37 bits per heavy atom. The molecule has 1 atom stereocenters. The van der Waals surface area contributed by atoms with E-state index in [1.165, 1.54) is 12.1 Å². The van der Waals surface area contributed by atoms with E-state index in [1.54, 1.807) is 13.1 Å². The zero-order chi connectivity index (χ0) is 14.0. The number of nitrogens with one attached hydrogen (secondary N) is 1. The van der Waals surface area contributed by atoms with E-state index >= 15 is 0 Å². The second-order valence-corrected chi connectivity index (χ2v) is 5.01. The zero-order valence-electron chi connectivity index (χ0n) is 10.1. The quantitative estimate of drug-likeness (QED) is 0.890. The Morgan fingerprint density at radius 1 is 1.00 bits per heavy atom. The molecule has 2 rings (SSSR count). The van der Waals surface area contributed by atoms with Gasteiger partial charge in [0.05, 0.1) is 6.04 Å². The summed E-state index contributed by atoms with van der Waals surface area (Å²) in [5, 5.41) is 2.86. The Balaban J connectivity index is 2.52. The third-order valence-corrected chi connectivity index (χ3v) is 3.23. The van der Waals surface area contributed by atoms with Crippen molar-refractivity contribution in [3.8, 4) is 0 Å². The maximum absolute atomic E-state index is 13.8. The highest BCUT2D eigenvalue weighted by Crippen LogP contribution is 2.27. The van der Waals surface area contributed by atoms with Gasteiger partial charge in [-0.15, -0.1) is 0 Å². The van der Waals surface area contributed by atoms with Gasteiger partial charge >= 0.3 is 0 Å². The molecule has 0 spiro atoms. The van der Waals surface area contributed by atoms with E-state index in [-0.39, 0.29) is 5.56 Å². The SMILES string of the molecule is CNC(c1cc(F)cc(Br)c1)c1cc(F)ccc1F. The van der Waals surface area contributed by atoms with Gasteiger partial charge < -0.3 is 5.32 Å². The summed E-state index contributed by atoms with van der Waals surface area (Å²) in [7, 11) is 1.60. The van der Waals surface area contributed by atoms with Crippen molar-refractivity contribution in [1.29, 1.82) is 0 Å². The molecule has 0 aromatic heterocycles. The van der Waals surface area contributed by atoms with Crippen LogP contribution < -0.4 is 5.32 Å². The fraction of sp³-hybridized carbons (Fsp3) is 0.143. The molecule has 0 heterocycles. The molecule has 100 valence electrons. The van der Waals surface area contributed by atoms with Crippen LogP contribution >= 0.6 is 15.9 Å². The molecular weight excluding hydrogens is 319 g/mol. The van der Waals surface area contributed by atoms with Crippen molar-refractivity contribution in [3.63, 3.8) is 0 Å². The predicted molar refractivity (Wildman–Crippen MR) is 71.4 cm³/mol. The van der Waals surface area contributed by atoms with E-state index in [2.05, 4.69) is 21.2 Å². The lowest BCUT2D eigenvalue weighted by molar-refractivity contribution is 0.555. The first-order valence-corrected chi connectivity index (χ1v) is 6.39. The molecule has 0 fully saturated rings. The zero-order valence-corrected chi connectivity index (χ0v) is 11.6. The van der Waals surface area contributed by atoms with Crippen molar-refractivity contribution < 1.29 is 13.2 Å². The summed E-state index contributed by atoms with van der Waals surface area (Å²) in [5.74, 6) is -1.52. The van der Waals surface area contributed by atoms with Crippen LogP contribution in [0.25, 0.3) is 0 Å². The van der Waals surface area contributed by atoms with Crippen LogP contribution in [0.1, 0.15) is 17.2 Å². The van der Waals surface area contributed by atoms with Crippen LogP contribution in [-0.2, 0) is 0 Å². The highest BCUT2D eigenvalue weighted by Gasteiger charge is 2.18. The van der Waals surface area contributed by atoms with Crippen LogP contribution in [-0.4, -0.2) is 7.05 Å². The summed E-state index contributed by atoms with van der Waals surface area (Å²) in [6, 6.07) is 6.84. The predicted octanol–water partition coefficient (Wildman–Crippen LogP) is 4.18. The smallest absolute Gasteiger partial charge is 0.128 e. The van der Waals surface area contributed by atoms with Gasteiger partial charge in [0.1, 0.15) is 17.5 Å². The van der Waals surface area contributed by atoms with Gasteiger partial charge in [0.2, 0.25) is 0 Å². The van der Waals surface area contributed by atoms with Crippen molar-refractivity contribution in [2.75, 3.05) is 7.05 Å². The van der Waals surface area contributed by atoms with E-state index in [0.717, 1.165) is 18.2 Å². The number of benzene rings is 2. The first kappa shape index (κ1) is 14.1. The summed E-state index contributed by atoms with van der Waals surface area (Å²) in [6.45, 7) is 0. The van der Waals surface area contributed by atoms with E-state index in [0.29, 0.717) is 10.0 Å². The lowest BCUT2D eigenvalue weighted by Crippen LogP contribution is -2.19. The van der Waals surface area contributed by atoms with Crippen LogP contribution in [0.3, 0.4) is 0 Å². The molecule has 1 nitrogen and oxygen atoms in total. The van der Waals surface area contributed by atoms with Gasteiger partial charge in [-0.25, -0.2) is 13.2 Å². The van der Waals surface area contributed by atoms with Crippen molar-refractivity contribution in [2.24, 2.45) is 0 Å². The first-order valence-electron chi connectivity index (χ1n) is 5.59. The van der Waals surface area contributed by atoms with Gasteiger partial charge in [0.15, 0.2) is 0 Å². The van der Waals surface area contributed by atoms with Gasteiger partial charge in [-0.05, 0) is 49.0 Å². The van der Waals surface area contributed by atoms with Crippen LogP contribution in [0.15, 0.2) is 40.9 Å². The topological polar surface area (TPSA) is 12.0 Å². The summed E-state index contributed by atoms with van der Waals surface area (Å²) in [6.07, 6.45) is 0. The largest absolute Gasteiger partial charge is 0.309 e. The average molecular weight is 330 g/mol. The van der Waals surface area contributed by atoms with Crippen molar-refractivity contribution in [3.05, 3.63) is 69.4 Å². The highest BCUT2D eigenvalue weighted by atomic mass is 79.9. The van der Waals surface area contributed by atoms with Crippen molar-refractivity contribution in [2.45, 2.75) is 6.04 Å². The molecule has 19 heavy (non-hydrogen) atoms. The lowest BCUT2D eigenvalue weighted by atomic mass is 9.98. The third-order valence-electron chi connectivity index (χ3n) is 2.78. The number of rotatable bonds is 3.